The number of benzene rings is 1. The number of carbonyl (C=O) groups excluding carboxylic acids is 1. The van der Waals surface area contributed by atoms with Crippen molar-refractivity contribution in [3.05, 3.63) is 48.4 Å². The molecular weight excluding hydrogens is 310 g/mol. The van der Waals surface area contributed by atoms with Gasteiger partial charge < -0.3 is 14.7 Å². The minimum absolute atomic E-state index is 0.189. The second-order valence-electron chi connectivity index (χ2n) is 5.60. The number of aromatic nitrogens is 2. The summed E-state index contributed by atoms with van der Waals surface area (Å²) in [5.41, 5.74) is 0.461. The molecular formula is C17H17N3O4. The van der Waals surface area contributed by atoms with E-state index in [0.29, 0.717) is 36.6 Å². The summed E-state index contributed by atoms with van der Waals surface area (Å²) in [7, 11) is 0. The van der Waals surface area contributed by atoms with Gasteiger partial charge in [-0.2, -0.15) is 0 Å². The lowest BCUT2D eigenvalue weighted by Gasteiger charge is -2.30. The van der Waals surface area contributed by atoms with E-state index in [0.717, 1.165) is 0 Å². The minimum atomic E-state index is -0.854. The Bertz CT molecular complexity index is 736. The van der Waals surface area contributed by atoms with E-state index in [1.54, 1.807) is 35.4 Å². The average Bonchev–Trinajstić information content (AvgIpc) is 2.62. The van der Waals surface area contributed by atoms with Gasteiger partial charge in [-0.15, -0.1) is 0 Å². The lowest BCUT2D eigenvalue weighted by atomic mass is 9.97. The quantitative estimate of drug-likeness (QED) is 0.925. The van der Waals surface area contributed by atoms with E-state index in [1.807, 2.05) is 0 Å². The lowest BCUT2D eigenvalue weighted by Crippen LogP contribution is -2.42. The maximum atomic E-state index is 12.6. The van der Waals surface area contributed by atoms with Gasteiger partial charge in [0.1, 0.15) is 5.75 Å². The van der Waals surface area contributed by atoms with Crippen molar-refractivity contribution >= 4 is 11.9 Å². The zero-order valence-corrected chi connectivity index (χ0v) is 13.0. The molecule has 2 heterocycles. The molecule has 1 fully saturated rings. The van der Waals surface area contributed by atoms with Crippen LogP contribution in [0.1, 0.15) is 23.2 Å². The van der Waals surface area contributed by atoms with Gasteiger partial charge in [-0.3, -0.25) is 14.6 Å². The fraction of sp³-hybridized carbons (Fsp3) is 0.294. The largest absolute Gasteiger partial charge is 0.481 e. The molecule has 7 heteroatoms. The first kappa shape index (κ1) is 15.9. The summed E-state index contributed by atoms with van der Waals surface area (Å²) in [6.07, 6.45) is 5.84. The molecule has 3 rings (SSSR count). The van der Waals surface area contributed by atoms with Crippen LogP contribution < -0.4 is 4.74 Å². The zero-order chi connectivity index (χ0) is 16.9. The average molecular weight is 327 g/mol. The number of carboxylic acid groups (broad SMARTS) is 1. The molecule has 1 aromatic heterocycles. The highest BCUT2D eigenvalue weighted by Gasteiger charge is 2.28. The summed E-state index contributed by atoms with van der Waals surface area (Å²) in [6.45, 7) is 0.807. The number of nitrogens with zero attached hydrogens (tertiary/aromatic N) is 3. The molecule has 0 aliphatic carbocycles. The molecule has 0 bridgehead atoms. The van der Waals surface area contributed by atoms with Crippen LogP contribution >= 0.6 is 0 Å². The Morgan fingerprint density at radius 2 is 2.17 bits per heavy atom. The second kappa shape index (κ2) is 7.08. The number of piperidine rings is 1. The summed E-state index contributed by atoms with van der Waals surface area (Å²) in [4.78, 5) is 33.3. The zero-order valence-electron chi connectivity index (χ0n) is 13.0. The van der Waals surface area contributed by atoms with Crippen molar-refractivity contribution in [3.8, 4) is 11.6 Å². The molecule has 0 unspecified atom stereocenters. The maximum Gasteiger partial charge on any atom is 0.308 e. The van der Waals surface area contributed by atoms with E-state index in [9.17, 15) is 9.59 Å². The van der Waals surface area contributed by atoms with Crippen molar-refractivity contribution in [1.82, 2.24) is 14.9 Å². The van der Waals surface area contributed by atoms with Crippen molar-refractivity contribution in [1.29, 1.82) is 0 Å². The summed E-state index contributed by atoms with van der Waals surface area (Å²) in [5.74, 6) is -0.723. The number of hydrogen-bond donors (Lipinski definition) is 1. The van der Waals surface area contributed by atoms with E-state index in [-0.39, 0.29) is 12.5 Å². The molecule has 2 aromatic rings. The summed E-state index contributed by atoms with van der Waals surface area (Å²) >= 11 is 0. The molecule has 0 spiro atoms. The third-order valence-corrected chi connectivity index (χ3v) is 3.90. The Morgan fingerprint density at radius 3 is 2.92 bits per heavy atom. The highest BCUT2D eigenvalue weighted by atomic mass is 16.5. The first-order chi connectivity index (χ1) is 11.6. The van der Waals surface area contributed by atoms with Crippen LogP contribution in [0.3, 0.4) is 0 Å². The second-order valence-corrected chi connectivity index (χ2v) is 5.60. The number of aliphatic carboxylic acids is 1. The molecule has 1 aliphatic heterocycles. The van der Waals surface area contributed by atoms with Crippen LogP contribution in [-0.2, 0) is 4.79 Å². The van der Waals surface area contributed by atoms with Gasteiger partial charge in [0.2, 0.25) is 5.88 Å². The van der Waals surface area contributed by atoms with Crippen LogP contribution in [0.25, 0.3) is 0 Å². The van der Waals surface area contributed by atoms with Gasteiger partial charge in [0.05, 0.1) is 12.1 Å². The van der Waals surface area contributed by atoms with Crippen LogP contribution in [0.15, 0.2) is 42.9 Å². The third kappa shape index (κ3) is 3.68. The normalized spacial score (nSPS) is 17.3. The predicted octanol–water partition coefficient (Wildman–Crippen LogP) is 2.21. The Morgan fingerprint density at radius 1 is 1.29 bits per heavy atom. The van der Waals surface area contributed by atoms with Crippen LogP contribution in [0.5, 0.6) is 11.6 Å². The fourth-order valence-electron chi connectivity index (χ4n) is 2.70. The summed E-state index contributed by atoms with van der Waals surface area (Å²) < 4.78 is 5.58. The summed E-state index contributed by atoms with van der Waals surface area (Å²) in [6, 6.07) is 6.76. The topological polar surface area (TPSA) is 92.6 Å². The number of rotatable bonds is 4. The molecule has 24 heavy (non-hydrogen) atoms. The fourth-order valence-corrected chi connectivity index (χ4v) is 2.70. The molecule has 7 nitrogen and oxygen atoms in total. The van der Waals surface area contributed by atoms with Crippen LogP contribution in [-0.4, -0.2) is 44.9 Å². The first-order valence-corrected chi connectivity index (χ1v) is 7.69. The van der Waals surface area contributed by atoms with Crippen LogP contribution in [0.4, 0.5) is 0 Å². The molecule has 1 aliphatic rings. The van der Waals surface area contributed by atoms with Gasteiger partial charge in [0.15, 0.2) is 0 Å². The Balaban J connectivity index is 1.73. The third-order valence-electron chi connectivity index (χ3n) is 3.90. The van der Waals surface area contributed by atoms with E-state index < -0.39 is 11.9 Å². The molecule has 0 radical (unpaired) electrons. The monoisotopic (exact) mass is 327 g/mol. The lowest BCUT2D eigenvalue weighted by molar-refractivity contribution is -0.143. The highest BCUT2D eigenvalue weighted by Crippen LogP contribution is 2.23. The summed E-state index contributed by atoms with van der Waals surface area (Å²) in [5, 5.41) is 9.15. The number of likely N-dealkylation sites (tertiary alicyclic amines) is 1. The van der Waals surface area contributed by atoms with Crippen LogP contribution in [0, 0.1) is 5.92 Å². The minimum Gasteiger partial charge on any atom is -0.481 e. The van der Waals surface area contributed by atoms with E-state index in [1.165, 1.54) is 12.4 Å². The standard InChI is InChI=1S/C17H17N3O4/c21-16(20-8-2-4-13(11-20)17(22)23)12-3-1-5-14(9-12)24-15-10-18-6-7-19-15/h1,3,5-7,9-10,13H,2,4,8,11H2,(H,22,23)/t13-/m0/s1. The molecule has 1 amide bonds. The first-order valence-electron chi connectivity index (χ1n) is 7.69. The molecule has 1 saturated heterocycles. The van der Waals surface area contributed by atoms with Crippen LogP contribution in [0.2, 0.25) is 0 Å². The van der Waals surface area contributed by atoms with E-state index in [2.05, 4.69) is 9.97 Å². The van der Waals surface area contributed by atoms with E-state index in [4.69, 9.17) is 9.84 Å². The number of carboxylic acids is 1. The van der Waals surface area contributed by atoms with E-state index >= 15 is 0 Å². The van der Waals surface area contributed by atoms with Crippen molar-refractivity contribution in [2.75, 3.05) is 13.1 Å². The van der Waals surface area contributed by atoms with Gasteiger partial charge in [0.25, 0.3) is 5.91 Å². The smallest absolute Gasteiger partial charge is 0.308 e. The van der Waals surface area contributed by atoms with Crippen molar-refractivity contribution in [2.24, 2.45) is 5.92 Å². The van der Waals surface area contributed by atoms with Gasteiger partial charge in [-0.25, -0.2) is 4.98 Å². The number of carbonyl (C=O) groups is 2. The predicted molar refractivity (Wildman–Crippen MR) is 84.8 cm³/mol. The number of hydrogen-bond acceptors (Lipinski definition) is 5. The Kier molecular flexibility index (Phi) is 4.69. The molecule has 1 aromatic carbocycles. The van der Waals surface area contributed by atoms with Crippen molar-refractivity contribution in [2.45, 2.75) is 12.8 Å². The van der Waals surface area contributed by atoms with Gasteiger partial charge in [0, 0.05) is 31.0 Å². The maximum absolute atomic E-state index is 12.6. The molecule has 124 valence electrons. The Labute approximate surface area is 138 Å². The SMILES string of the molecule is O=C(O)[C@H]1CCCN(C(=O)c2cccc(Oc3cnccn3)c2)C1. The van der Waals surface area contributed by atoms with Gasteiger partial charge >= 0.3 is 5.97 Å². The molecule has 1 N–H and O–H groups in total. The number of amides is 1. The number of ether oxygens (including phenoxy) is 1. The molecule has 1 atom stereocenters. The Hall–Kier alpha value is -2.96. The van der Waals surface area contributed by atoms with Gasteiger partial charge in [-0.05, 0) is 31.0 Å². The highest BCUT2D eigenvalue weighted by molar-refractivity contribution is 5.95. The molecule has 0 saturated carbocycles. The van der Waals surface area contributed by atoms with Gasteiger partial charge in [-0.1, -0.05) is 6.07 Å². The van der Waals surface area contributed by atoms with Crippen molar-refractivity contribution < 1.29 is 19.4 Å². The van der Waals surface area contributed by atoms with Crippen molar-refractivity contribution in [3.63, 3.8) is 0 Å².